The molecule has 94 valence electrons. The van der Waals surface area contributed by atoms with Gasteiger partial charge in [0.05, 0.1) is 25.4 Å². The maximum Gasteiger partial charge on any atom is 0.118 e. The third kappa shape index (κ3) is 1.91. The Labute approximate surface area is 99.7 Å². The summed E-state index contributed by atoms with van der Waals surface area (Å²) in [6.07, 6.45) is -1.90. The minimum Gasteiger partial charge on any atom is -0.497 e. The third-order valence-electron chi connectivity index (χ3n) is 3.35. The first kappa shape index (κ1) is 12.3. The summed E-state index contributed by atoms with van der Waals surface area (Å²) in [4.78, 5) is 0. The standard InChI is InChI=1S/C12H17NO4/c1-17-9-4-2-8(3-5-9)12(7-14)11(16)10(15)6-13-12/h2-5,10-11,13-16H,6-7H2,1H3/t10-,11+,12+/m1/s1. The van der Waals surface area contributed by atoms with Crippen LogP contribution in [0.3, 0.4) is 0 Å². The first-order valence-electron chi connectivity index (χ1n) is 5.50. The molecule has 1 aliphatic rings. The van der Waals surface area contributed by atoms with Crippen LogP contribution in [0.15, 0.2) is 24.3 Å². The molecule has 0 amide bonds. The molecule has 1 fully saturated rings. The highest BCUT2D eigenvalue weighted by atomic mass is 16.5. The topological polar surface area (TPSA) is 82.0 Å². The summed E-state index contributed by atoms with van der Waals surface area (Å²) in [5.41, 5.74) is -0.268. The summed E-state index contributed by atoms with van der Waals surface area (Å²) in [6.45, 7) is -0.0225. The molecule has 0 radical (unpaired) electrons. The highest BCUT2D eigenvalue weighted by Crippen LogP contribution is 2.32. The number of aliphatic hydroxyl groups excluding tert-OH is 3. The van der Waals surface area contributed by atoms with E-state index in [1.165, 1.54) is 0 Å². The molecule has 0 bridgehead atoms. The number of methoxy groups -OCH3 is 1. The molecule has 2 rings (SSSR count). The molecule has 1 aliphatic heterocycles. The molecule has 17 heavy (non-hydrogen) atoms. The van der Waals surface area contributed by atoms with E-state index in [1.54, 1.807) is 31.4 Å². The van der Waals surface area contributed by atoms with Crippen LogP contribution in [0.25, 0.3) is 0 Å². The average Bonchev–Trinajstić information content (AvgIpc) is 2.67. The molecule has 1 saturated heterocycles. The van der Waals surface area contributed by atoms with Crippen LogP contribution < -0.4 is 10.1 Å². The molecule has 0 saturated carbocycles. The molecule has 4 N–H and O–H groups in total. The Bertz CT molecular complexity index is 381. The maximum atomic E-state index is 9.98. The Morgan fingerprint density at radius 3 is 2.41 bits per heavy atom. The smallest absolute Gasteiger partial charge is 0.118 e. The maximum absolute atomic E-state index is 9.98. The highest BCUT2D eigenvalue weighted by Gasteiger charge is 2.47. The lowest BCUT2D eigenvalue weighted by atomic mass is 9.86. The van der Waals surface area contributed by atoms with Gasteiger partial charge >= 0.3 is 0 Å². The van der Waals surface area contributed by atoms with Crippen molar-refractivity contribution >= 4 is 0 Å². The van der Waals surface area contributed by atoms with Crippen LogP contribution in [-0.4, -0.2) is 47.8 Å². The highest BCUT2D eigenvalue weighted by molar-refractivity contribution is 5.34. The molecule has 0 unspecified atom stereocenters. The molecule has 5 nitrogen and oxygen atoms in total. The average molecular weight is 239 g/mol. The van der Waals surface area contributed by atoms with Gasteiger partial charge in [0.15, 0.2) is 0 Å². The van der Waals surface area contributed by atoms with Gasteiger partial charge in [0.25, 0.3) is 0 Å². The van der Waals surface area contributed by atoms with E-state index >= 15 is 0 Å². The van der Waals surface area contributed by atoms with Crippen LogP contribution >= 0.6 is 0 Å². The lowest BCUT2D eigenvalue weighted by Gasteiger charge is -2.31. The Hall–Kier alpha value is -1.14. The van der Waals surface area contributed by atoms with Crippen molar-refractivity contribution in [3.8, 4) is 5.75 Å². The Kier molecular flexibility index (Phi) is 3.35. The van der Waals surface area contributed by atoms with Crippen molar-refractivity contribution in [2.24, 2.45) is 0 Å². The monoisotopic (exact) mass is 239 g/mol. The van der Waals surface area contributed by atoms with E-state index in [0.717, 1.165) is 5.56 Å². The van der Waals surface area contributed by atoms with Crippen LogP contribution in [0.5, 0.6) is 5.75 Å². The second kappa shape index (κ2) is 4.62. The molecular formula is C12H17NO4. The first-order valence-corrected chi connectivity index (χ1v) is 5.50. The van der Waals surface area contributed by atoms with E-state index in [2.05, 4.69) is 5.32 Å². The molecule has 1 aromatic carbocycles. The molecular weight excluding hydrogens is 222 g/mol. The number of hydrogen-bond acceptors (Lipinski definition) is 5. The lowest BCUT2D eigenvalue weighted by Crippen LogP contribution is -2.49. The zero-order chi connectivity index (χ0) is 12.5. The van der Waals surface area contributed by atoms with Crippen LogP contribution in [0, 0.1) is 0 Å². The number of ether oxygens (including phenoxy) is 1. The van der Waals surface area contributed by atoms with Crippen molar-refractivity contribution in [1.82, 2.24) is 5.32 Å². The summed E-state index contributed by atoms with van der Waals surface area (Å²) >= 11 is 0. The molecule has 5 heteroatoms. The third-order valence-corrected chi connectivity index (χ3v) is 3.35. The minimum absolute atomic E-state index is 0.258. The van der Waals surface area contributed by atoms with Gasteiger partial charge in [-0.25, -0.2) is 0 Å². The van der Waals surface area contributed by atoms with Gasteiger partial charge in [-0.05, 0) is 17.7 Å². The number of β-amino-alcohol motifs (C(OH)–C–C–N with tert-alkyl or cyclic N) is 1. The predicted molar refractivity (Wildman–Crippen MR) is 61.8 cm³/mol. The van der Waals surface area contributed by atoms with Gasteiger partial charge in [0.2, 0.25) is 0 Å². The van der Waals surface area contributed by atoms with Gasteiger partial charge in [-0.2, -0.15) is 0 Å². The van der Waals surface area contributed by atoms with Gasteiger partial charge in [-0.1, -0.05) is 12.1 Å². The van der Waals surface area contributed by atoms with Gasteiger partial charge < -0.3 is 25.4 Å². The largest absolute Gasteiger partial charge is 0.497 e. The van der Waals surface area contributed by atoms with Crippen LogP contribution in [-0.2, 0) is 5.54 Å². The van der Waals surface area contributed by atoms with Crippen molar-refractivity contribution in [1.29, 1.82) is 0 Å². The molecule has 0 aliphatic carbocycles. The predicted octanol–water partition coefficient (Wildman–Crippen LogP) is -0.792. The second-order valence-corrected chi connectivity index (χ2v) is 4.25. The zero-order valence-electron chi connectivity index (χ0n) is 9.63. The first-order chi connectivity index (χ1) is 8.14. The van der Waals surface area contributed by atoms with Crippen LogP contribution in [0.2, 0.25) is 0 Å². The van der Waals surface area contributed by atoms with Gasteiger partial charge in [-0.15, -0.1) is 0 Å². The van der Waals surface area contributed by atoms with Crippen molar-refractivity contribution in [2.75, 3.05) is 20.3 Å². The number of aliphatic hydroxyl groups is 3. The Morgan fingerprint density at radius 1 is 1.35 bits per heavy atom. The van der Waals surface area contributed by atoms with Crippen LogP contribution in [0.4, 0.5) is 0 Å². The van der Waals surface area contributed by atoms with Crippen molar-refractivity contribution in [2.45, 2.75) is 17.7 Å². The lowest BCUT2D eigenvalue weighted by molar-refractivity contribution is -0.0110. The number of benzene rings is 1. The van der Waals surface area contributed by atoms with E-state index in [9.17, 15) is 15.3 Å². The van der Waals surface area contributed by atoms with Crippen molar-refractivity contribution in [3.63, 3.8) is 0 Å². The molecule has 1 aromatic rings. The Morgan fingerprint density at radius 2 is 2.00 bits per heavy atom. The summed E-state index contributed by atoms with van der Waals surface area (Å²) < 4.78 is 5.05. The molecule has 0 aromatic heterocycles. The van der Waals surface area contributed by atoms with Crippen molar-refractivity contribution < 1.29 is 20.1 Å². The summed E-state index contributed by atoms with van der Waals surface area (Å²) in [5.74, 6) is 0.704. The number of hydrogen-bond donors (Lipinski definition) is 4. The fraction of sp³-hybridized carbons (Fsp3) is 0.500. The van der Waals surface area contributed by atoms with E-state index in [0.29, 0.717) is 5.75 Å². The minimum atomic E-state index is -1.03. The van der Waals surface area contributed by atoms with Crippen molar-refractivity contribution in [3.05, 3.63) is 29.8 Å². The second-order valence-electron chi connectivity index (χ2n) is 4.25. The van der Waals surface area contributed by atoms with E-state index in [-0.39, 0.29) is 13.2 Å². The van der Waals surface area contributed by atoms with E-state index in [1.807, 2.05) is 0 Å². The zero-order valence-corrected chi connectivity index (χ0v) is 9.63. The summed E-state index contributed by atoms with van der Waals surface area (Å²) in [7, 11) is 1.57. The van der Waals surface area contributed by atoms with E-state index in [4.69, 9.17) is 4.74 Å². The SMILES string of the molecule is COc1ccc([C@]2(CO)NC[C@@H](O)[C@@H]2O)cc1. The number of rotatable bonds is 3. The van der Waals surface area contributed by atoms with Crippen LogP contribution in [0.1, 0.15) is 5.56 Å². The number of nitrogens with one attached hydrogen (secondary N) is 1. The normalized spacial score (nSPS) is 32.7. The van der Waals surface area contributed by atoms with E-state index < -0.39 is 17.7 Å². The van der Waals surface area contributed by atoms with Gasteiger partial charge in [0, 0.05) is 6.54 Å². The molecule has 0 spiro atoms. The summed E-state index contributed by atoms with van der Waals surface area (Å²) in [5, 5.41) is 32.1. The Balaban J connectivity index is 2.34. The summed E-state index contributed by atoms with van der Waals surface area (Å²) in [6, 6.07) is 7.05. The van der Waals surface area contributed by atoms with Gasteiger partial charge in [0.1, 0.15) is 11.9 Å². The quantitative estimate of drug-likeness (QED) is 0.555. The molecule has 3 atom stereocenters. The van der Waals surface area contributed by atoms with Gasteiger partial charge in [-0.3, -0.25) is 0 Å². The fourth-order valence-electron chi connectivity index (χ4n) is 2.23. The fourth-order valence-corrected chi connectivity index (χ4v) is 2.23. The molecule has 1 heterocycles.